The molecule has 4 aromatic rings. The zero-order valence-electron chi connectivity index (χ0n) is 24.9. The summed E-state index contributed by atoms with van der Waals surface area (Å²) < 4.78 is 15.1. The predicted octanol–water partition coefficient (Wildman–Crippen LogP) is 3.95. The van der Waals surface area contributed by atoms with E-state index in [4.69, 9.17) is 31.0 Å². The number of aromatic nitrogens is 5. The maximum absolute atomic E-state index is 12.3. The molecule has 11 nitrogen and oxygen atoms in total. The van der Waals surface area contributed by atoms with Gasteiger partial charge >= 0.3 is 6.09 Å². The Morgan fingerprint density at radius 2 is 2.02 bits per heavy atom. The molecule has 226 valence electrons. The summed E-state index contributed by atoms with van der Waals surface area (Å²) in [5, 5.41) is 19.6. The van der Waals surface area contributed by atoms with Crippen LogP contribution in [0.3, 0.4) is 0 Å². The van der Waals surface area contributed by atoms with Crippen LogP contribution >= 0.6 is 11.6 Å². The summed E-state index contributed by atoms with van der Waals surface area (Å²) >= 11 is 6.90. The van der Waals surface area contributed by atoms with Crippen molar-refractivity contribution in [3.8, 4) is 11.1 Å². The largest absolute Gasteiger partial charge is 0.444 e. The number of nitrogens with one attached hydrogen (secondary N) is 1. The van der Waals surface area contributed by atoms with E-state index in [1.54, 1.807) is 10.9 Å². The molecule has 0 aliphatic carbocycles. The first-order chi connectivity index (χ1) is 19.9. The van der Waals surface area contributed by atoms with Crippen LogP contribution in [0.25, 0.3) is 33.2 Å². The molecular weight excluding hydrogens is 578 g/mol. The first-order valence-corrected chi connectivity index (χ1v) is 16.5. The molecule has 1 saturated heterocycles. The number of piperidine rings is 1. The highest BCUT2D eigenvalue weighted by Crippen LogP contribution is 2.38. The van der Waals surface area contributed by atoms with Gasteiger partial charge in [0.25, 0.3) is 0 Å². The highest BCUT2D eigenvalue weighted by atomic mass is 35.5. The Bertz CT molecular complexity index is 1580. The lowest BCUT2D eigenvalue weighted by Crippen LogP contribution is -2.55. The molecule has 0 saturated carbocycles. The molecule has 4 heterocycles. The number of halogens is 1. The Morgan fingerprint density at radius 1 is 1.24 bits per heavy atom. The second kappa shape index (κ2) is 12.3. The molecule has 1 aliphatic rings. The van der Waals surface area contributed by atoms with Crippen LogP contribution in [-0.4, -0.2) is 91.2 Å². The van der Waals surface area contributed by atoms with E-state index < -0.39 is 23.8 Å². The second-order valence-electron chi connectivity index (χ2n) is 11.9. The minimum atomic E-state index is -0.795. The third-order valence-electron chi connectivity index (χ3n) is 7.06. The monoisotopic (exact) mass is 616 g/mol. The predicted molar refractivity (Wildman–Crippen MR) is 168 cm³/mol. The van der Waals surface area contributed by atoms with E-state index in [0.29, 0.717) is 54.9 Å². The van der Waals surface area contributed by atoms with Gasteiger partial charge in [0.1, 0.15) is 29.4 Å². The number of hydrogen-bond donors (Lipinski definition) is 2. The van der Waals surface area contributed by atoms with Crippen LogP contribution in [0.2, 0.25) is 5.02 Å². The van der Waals surface area contributed by atoms with E-state index in [2.05, 4.69) is 22.9 Å². The van der Waals surface area contributed by atoms with Crippen molar-refractivity contribution >= 4 is 56.5 Å². The number of benzene rings is 1. The highest BCUT2D eigenvalue weighted by Gasteiger charge is 2.31. The number of ether oxygens (including phenoxy) is 2. The lowest BCUT2D eigenvalue weighted by Gasteiger charge is -2.37. The maximum Gasteiger partial charge on any atom is 0.407 e. The molecule has 0 radical (unpaired) electrons. The van der Waals surface area contributed by atoms with E-state index in [-0.39, 0.29) is 10.9 Å². The van der Waals surface area contributed by atoms with Crippen molar-refractivity contribution in [2.75, 3.05) is 42.9 Å². The Labute approximate surface area is 253 Å². The molecule has 1 fully saturated rings. The second-order valence-corrected chi connectivity index (χ2v) is 14.6. The Kier molecular flexibility index (Phi) is 8.89. The molecule has 5 rings (SSSR count). The third kappa shape index (κ3) is 6.77. The molecule has 13 heteroatoms. The van der Waals surface area contributed by atoms with Crippen LogP contribution < -0.4 is 10.2 Å². The summed E-state index contributed by atoms with van der Waals surface area (Å²) in [6, 6.07) is 3.51. The van der Waals surface area contributed by atoms with Gasteiger partial charge in [-0.25, -0.2) is 14.8 Å². The van der Waals surface area contributed by atoms with Crippen molar-refractivity contribution in [2.45, 2.75) is 51.7 Å². The van der Waals surface area contributed by atoms with Crippen molar-refractivity contribution < 1.29 is 19.4 Å². The van der Waals surface area contributed by atoms with Gasteiger partial charge in [-0.15, -0.1) is 0 Å². The summed E-state index contributed by atoms with van der Waals surface area (Å²) in [6.07, 6.45) is 9.22. The number of aliphatic hydroxyl groups excluding tert-OH is 1. The summed E-state index contributed by atoms with van der Waals surface area (Å²) in [4.78, 5) is 24.1. The number of rotatable bonds is 8. The summed E-state index contributed by atoms with van der Waals surface area (Å²) in [7, 11) is 2.16. The zero-order valence-corrected chi connectivity index (χ0v) is 26.5. The summed E-state index contributed by atoms with van der Waals surface area (Å²) in [6.45, 7) is 7.27. The molecule has 1 aromatic carbocycles. The number of alkyl carbamates (subject to hydrolysis) is 1. The van der Waals surface area contributed by atoms with Gasteiger partial charge in [-0.3, -0.25) is 4.68 Å². The standard InChI is InChI=1S/C29H38ClN7O4S/c1-29(2,3)41-28(39)32-22-9-10-36(16-23(22)38)24-13-31-26-19(15-37(27(26)33-24)17-40-11-12-42(5)6)18-7-8-21-20(25(18)30)14-35(4)34-21/h7-8,13-15,22-23,38H,9-12,16-17H2,1-6H3/p+1/t22-,23-/m0/s1. The molecule has 0 spiro atoms. The first-order valence-electron chi connectivity index (χ1n) is 13.9. The number of aliphatic hydroxyl groups is 1. The van der Waals surface area contributed by atoms with Crippen molar-refractivity contribution in [2.24, 2.45) is 7.05 Å². The number of aryl methyl sites for hydroxylation is 1. The number of nitrogens with zero attached hydrogens (tertiary/aromatic N) is 6. The van der Waals surface area contributed by atoms with Crippen molar-refractivity contribution in [3.63, 3.8) is 0 Å². The fraction of sp³-hybridized carbons (Fsp3) is 0.517. The van der Waals surface area contributed by atoms with Crippen LogP contribution in [0.1, 0.15) is 27.2 Å². The van der Waals surface area contributed by atoms with Crippen LogP contribution in [0, 0.1) is 0 Å². The lowest BCUT2D eigenvalue weighted by molar-refractivity contribution is 0.0402. The van der Waals surface area contributed by atoms with Crippen molar-refractivity contribution in [1.29, 1.82) is 0 Å². The molecule has 2 atom stereocenters. The number of β-amino-alcohol motifs (C(OH)–C–C–N with tert-alkyl or cyclic N) is 1. The Morgan fingerprint density at radius 3 is 2.74 bits per heavy atom. The SMILES string of the molecule is Cn1cc2c(Cl)c(-c3cn(COCC[S+](C)C)c4nc(N5CC[C@H](NC(=O)OC(C)(C)C)[C@@H](O)C5)cnc34)ccc2n1. The zero-order chi connectivity index (χ0) is 30.2. The molecule has 3 aromatic heterocycles. The number of anilines is 1. The molecular formula is C29H39ClN7O4S+. The molecule has 1 aliphatic heterocycles. The number of hydrogen-bond acceptors (Lipinski definition) is 8. The average molecular weight is 617 g/mol. The van der Waals surface area contributed by atoms with Gasteiger partial charge in [-0.05, 0) is 44.2 Å². The molecule has 1 amide bonds. The van der Waals surface area contributed by atoms with E-state index >= 15 is 0 Å². The molecule has 0 bridgehead atoms. The van der Waals surface area contributed by atoms with Crippen molar-refractivity contribution in [1.82, 2.24) is 29.6 Å². The van der Waals surface area contributed by atoms with Crippen molar-refractivity contribution in [3.05, 3.63) is 35.7 Å². The van der Waals surface area contributed by atoms with E-state index in [9.17, 15) is 9.90 Å². The maximum atomic E-state index is 12.3. The number of carbonyl (C=O) groups excluding carboxylic acids is 1. The van der Waals surface area contributed by atoms with Gasteiger partial charge < -0.3 is 29.4 Å². The molecule has 2 N–H and O–H groups in total. The number of amides is 1. The fourth-order valence-corrected chi connectivity index (χ4v) is 5.79. The average Bonchev–Trinajstić information content (AvgIpc) is 3.47. The Hall–Kier alpha value is -3.06. The van der Waals surface area contributed by atoms with Gasteiger partial charge in [-0.2, -0.15) is 5.10 Å². The van der Waals surface area contributed by atoms with Crippen LogP contribution in [0.4, 0.5) is 10.6 Å². The minimum absolute atomic E-state index is 0.286. The molecule has 0 unspecified atom stereocenters. The summed E-state index contributed by atoms with van der Waals surface area (Å²) in [5.41, 5.74) is 3.29. The number of fused-ring (bicyclic) bond motifs is 2. The quantitative estimate of drug-likeness (QED) is 0.226. The lowest BCUT2D eigenvalue weighted by atomic mass is 10.0. The Balaban J connectivity index is 1.42. The smallest absolute Gasteiger partial charge is 0.407 e. The number of carbonyl (C=O) groups is 1. The van der Waals surface area contributed by atoms with E-state index in [1.165, 1.54) is 0 Å². The van der Waals surface area contributed by atoms with E-state index in [1.807, 2.05) is 61.8 Å². The van der Waals surface area contributed by atoms with Gasteiger partial charge in [0.2, 0.25) is 0 Å². The van der Waals surface area contributed by atoms with Gasteiger partial charge in [0.15, 0.2) is 5.65 Å². The summed E-state index contributed by atoms with van der Waals surface area (Å²) in [5.74, 6) is 1.62. The van der Waals surface area contributed by atoms with Crippen LogP contribution in [-0.2, 0) is 34.1 Å². The van der Waals surface area contributed by atoms with Gasteiger partial charge in [0, 0.05) is 49.0 Å². The van der Waals surface area contributed by atoms with Gasteiger partial charge in [0.05, 0.1) is 48.0 Å². The highest BCUT2D eigenvalue weighted by molar-refractivity contribution is 7.95. The topological polar surface area (TPSA) is 120 Å². The van der Waals surface area contributed by atoms with Crippen LogP contribution in [0.5, 0.6) is 0 Å². The normalized spacial score (nSPS) is 17.9. The minimum Gasteiger partial charge on any atom is -0.444 e. The molecule has 42 heavy (non-hydrogen) atoms. The fourth-order valence-electron chi connectivity index (χ4n) is 5.03. The third-order valence-corrected chi connectivity index (χ3v) is 8.45. The van der Waals surface area contributed by atoms with E-state index in [0.717, 1.165) is 27.8 Å². The van der Waals surface area contributed by atoms with Crippen LogP contribution in [0.15, 0.2) is 30.7 Å². The van der Waals surface area contributed by atoms with Gasteiger partial charge in [-0.1, -0.05) is 17.7 Å². The first kappa shape index (κ1) is 30.4.